The van der Waals surface area contributed by atoms with Crippen LogP contribution in [0.1, 0.15) is 31.1 Å². The van der Waals surface area contributed by atoms with E-state index in [1.54, 1.807) is 11.3 Å². The van der Waals surface area contributed by atoms with Gasteiger partial charge in [0.25, 0.3) is 0 Å². The smallest absolute Gasteiger partial charge is 0.0931 e. The summed E-state index contributed by atoms with van der Waals surface area (Å²) in [6.45, 7) is 6.80. The highest BCUT2D eigenvalue weighted by molar-refractivity contribution is 7.16. The highest BCUT2D eigenvalue weighted by atomic mass is 35.5. The first-order chi connectivity index (χ1) is 8.25. The summed E-state index contributed by atoms with van der Waals surface area (Å²) in [5, 5.41) is 3.49. The van der Waals surface area contributed by atoms with Crippen LogP contribution >= 0.6 is 22.9 Å². The van der Waals surface area contributed by atoms with Gasteiger partial charge in [0.1, 0.15) is 0 Å². The molecule has 4 heteroatoms. The quantitative estimate of drug-likeness (QED) is 0.827. The summed E-state index contributed by atoms with van der Waals surface area (Å²) >= 11 is 7.56. The van der Waals surface area contributed by atoms with Gasteiger partial charge < -0.3 is 5.32 Å². The van der Waals surface area contributed by atoms with E-state index in [1.807, 2.05) is 6.07 Å². The minimum atomic E-state index is 0.765. The van der Waals surface area contributed by atoms with Gasteiger partial charge in [-0.1, -0.05) is 18.0 Å². The summed E-state index contributed by atoms with van der Waals surface area (Å²) in [5.41, 5.74) is 0. The number of rotatable bonds is 5. The van der Waals surface area contributed by atoms with Crippen LogP contribution in [0.2, 0.25) is 4.34 Å². The molecule has 96 valence electrons. The van der Waals surface area contributed by atoms with Crippen molar-refractivity contribution in [3.05, 3.63) is 21.3 Å². The summed E-state index contributed by atoms with van der Waals surface area (Å²) in [7, 11) is 0. The summed E-state index contributed by atoms with van der Waals surface area (Å²) in [4.78, 5) is 3.92. The van der Waals surface area contributed by atoms with Gasteiger partial charge in [0.05, 0.1) is 4.34 Å². The average Bonchev–Trinajstić information content (AvgIpc) is 2.73. The first-order valence-electron chi connectivity index (χ1n) is 6.44. The van der Waals surface area contributed by atoms with Crippen molar-refractivity contribution >= 4 is 22.9 Å². The van der Waals surface area contributed by atoms with Gasteiger partial charge in [0.2, 0.25) is 0 Å². The van der Waals surface area contributed by atoms with Gasteiger partial charge in [0, 0.05) is 30.6 Å². The zero-order chi connectivity index (χ0) is 12.1. The molecule has 1 aromatic rings. The van der Waals surface area contributed by atoms with Gasteiger partial charge in [0.15, 0.2) is 0 Å². The van der Waals surface area contributed by atoms with Crippen LogP contribution in [0.15, 0.2) is 12.1 Å². The second-order valence-electron chi connectivity index (χ2n) is 4.76. The Morgan fingerprint density at radius 3 is 3.06 bits per heavy atom. The third-order valence-corrected chi connectivity index (χ3v) is 4.68. The second kappa shape index (κ2) is 6.74. The SMILES string of the molecule is CC1CCCCN1CCNCc1ccc(Cl)s1. The topological polar surface area (TPSA) is 15.3 Å². The maximum absolute atomic E-state index is 5.90. The highest BCUT2D eigenvalue weighted by Crippen LogP contribution is 2.21. The minimum Gasteiger partial charge on any atom is -0.311 e. The molecule has 0 bridgehead atoms. The number of nitrogens with one attached hydrogen (secondary N) is 1. The summed E-state index contributed by atoms with van der Waals surface area (Å²) in [6.07, 6.45) is 4.13. The van der Waals surface area contributed by atoms with Crippen molar-refractivity contribution < 1.29 is 0 Å². The van der Waals surface area contributed by atoms with E-state index in [0.717, 1.165) is 23.5 Å². The van der Waals surface area contributed by atoms with E-state index in [9.17, 15) is 0 Å². The van der Waals surface area contributed by atoms with Crippen LogP contribution in [0.5, 0.6) is 0 Å². The summed E-state index contributed by atoms with van der Waals surface area (Å²) < 4.78 is 0.881. The Hall–Kier alpha value is -0.0900. The van der Waals surface area contributed by atoms with E-state index < -0.39 is 0 Å². The lowest BCUT2D eigenvalue weighted by atomic mass is 10.0. The molecule has 0 aromatic carbocycles. The molecule has 17 heavy (non-hydrogen) atoms. The van der Waals surface area contributed by atoms with Crippen LogP contribution in [0, 0.1) is 0 Å². The van der Waals surface area contributed by atoms with Crippen molar-refractivity contribution in [3.8, 4) is 0 Å². The Balaban J connectivity index is 1.62. The number of piperidine rings is 1. The lowest BCUT2D eigenvalue weighted by molar-refractivity contribution is 0.161. The van der Waals surface area contributed by atoms with E-state index in [4.69, 9.17) is 11.6 Å². The normalized spacial score (nSPS) is 21.9. The molecule has 1 aromatic heterocycles. The fourth-order valence-corrected chi connectivity index (χ4v) is 3.43. The third-order valence-electron chi connectivity index (χ3n) is 3.44. The van der Waals surface area contributed by atoms with Crippen molar-refractivity contribution in [1.29, 1.82) is 0 Å². The molecule has 1 aliphatic rings. The molecule has 0 radical (unpaired) electrons. The average molecular weight is 273 g/mol. The fraction of sp³-hybridized carbons (Fsp3) is 0.692. The number of hydrogen-bond acceptors (Lipinski definition) is 3. The van der Waals surface area contributed by atoms with Crippen molar-refractivity contribution in [2.45, 2.75) is 38.8 Å². The number of thiophene rings is 1. The Bertz CT molecular complexity index is 340. The molecule has 1 saturated heterocycles. The first-order valence-corrected chi connectivity index (χ1v) is 7.64. The Morgan fingerprint density at radius 1 is 1.47 bits per heavy atom. The van der Waals surface area contributed by atoms with Gasteiger partial charge in [-0.2, -0.15) is 0 Å². The van der Waals surface area contributed by atoms with Gasteiger partial charge in [-0.3, -0.25) is 4.90 Å². The predicted molar refractivity (Wildman–Crippen MR) is 75.9 cm³/mol. The molecule has 0 saturated carbocycles. The van der Waals surface area contributed by atoms with Gasteiger partial charge in [-0.15, -0.1) is 11.3 Å². The molecular weight excluding hydrogens is 252 g/mol. The van der Waals surface area contributed by atoms with Crippen molar-refractivity contribution in [2.24, 2.45) is 0 Å². The van der Waals surface area contributed by atoms with Crippen LogP contribution in [0.25, 0.3) is 0 Å². The van der Waals surface area contributed by atoms with Gasteiger partial charge in [-0.25, -0.2) is 0 Å². The molecule has 2 heterocycles. The van der Waals surface area contributed by atoms with Crippen LogP contribution in [-0.4, -0.2) is 30.6 Å². The van der Waals surface area contributed by atoms with Crippen LogP contribution in [0.3, 0.4) is 0 Å². The standard InChI is InChI=1S/C13H21ClN2S/c1-11-4-2-3-8-16(11)9-7-15-10-12-5-6-13(14)17-12/h5-6,11,15H,2-4,7-10H2,1H3. The lowest BCUT2D eigenvalue weighted by Gasteiger charge is -2.33. The maximum Gasteiger partial charge on any atom is 0.0931 e. The summed E-state index contributed by atoms with van der Waals surface area (Å²) in [5.74, 6) is 0. The molecule has 2 nitrogen and oxygen atoms in total. The van der Waals surface area contributed by atoms with E-state index in [0.29, 0.717) is 0 Å². The van der Waals surface area contributed by atoms with Crippen molar-refractivity contribution in [3.63, 3.8) is 0 Å². The van der Waals surface area contributed by atoms with Gasteiger partial charge in [-0.05, 0) is 38.4 Å². The molecule has 0 amide bonds. The van der Waals surface area contributed by atoms with Crippen molar-refractivity contribution in [2.75, 3.05) is 19.6 Å². The molecule has 2 rings (SSSR count). The number of hydrogen-bond donors (Lipinski definition) is 1. The molecule has 1 unspecified atom stereocenters. The molecule has 0 spiro atoms. The first kappa shape index (κ1) is 13.3. The van der Waals surface area contributed by atoms with Gasteiger partial charge >= 0.3 is 0 Å². The second-order valence-corrected chi connectivity index (χ2v) is 6.56. The molecular formula is C13H21ClN2S. The minimum absolute atomic E-state index is 0.765. The zero-order valence-electron chi connectivity index (χ0n) is 10.4. The monoisotopic (exact) mass is 272 g/mol. The Kier molecular flexibility index (Phi) is 5.29. The Morgan fingerprint density at radius 2 is 2.35 bits per heavy atom. The van der Waals surface area contributed by atoms with Crippen LogP contribution in [0.4, 0.5) is 0 Å². The molecule has 0 aliphatic carbocycles. The molecule has 1 atom stereocenters. The predicted octanol–water partition coefficient (Wildman–Crippen LogP) is 3.37. The van der Waals surface area contributed by atoms with E-state index in [1.165, 1.54) is 37.2 Å². The highest BCUT2D eigenvalue weighted by Gasteiger charge is 2.16. The zero-order valence-corrected chi connectivity index (χ0v) is 12.0. The van der Waals surface area contributed by atoms with Crippen molar-refractivity contribution in [1.82, 2.24) is 10.2 Å². The van der Waals surface area contributed by atoms with Crippen LogP contribution < -0.4 is 5.32 Å². The number of likely N-dealkylation sites (tertiary alicyclic amines) is 1. The fourth-order valence-electron chi connectivity index (χ4n) is 2.37. The van der Waals surface area contributed by atoms with Crippen LogP contribution in [-0.2, 0) is 6.54 Å². The molecule has 1 fully saturated rings. The van der Waals surface area contributed by atoms with E-state index in [2.05, 4.69) is 23.2 Å². The maximum atomic E-state index is 5.90. The third kappa shape index (κ3) is 4.25. The molecule has 1 aliphatic heterocycles. The number of nitrogens with zero attached hydrogens (tertiary/aromatic N) is 1. The summed E-state index contributed by atoms with van der Waals surface area (Å²) in [6, 6.07) is 4.83. The molecule has 1 N–H and O–H groups in total. The Labute approximate surface area is 113 Å². The van der Waals surface area contributed by atoms with E-state index in [-0.39, 0.29) is 0 Å². The van der Waals surface area contributed by atoms with E-state index >= 15 is 0 Å². The number of halogens is 1. The largest absolute Gasteiger partial charge is 0.311 e. The lowest BCUT2D eigenvalue weighted by Crippen LogP contribution is -2.41.